The normalized spacial score (nSPS) is 27.6. The highest BCUT2D eigenvalue weighted by atomic mass is 32.1. The molecular formula is C16H22N2S. The fraction of sp³-hybridized carbons (Fsp3) is 0.562. The van der Waals surface area contributed by atoms with E-state index in [4.69, 9.17) is 4.98 Å². The molecule has 1 heterocycles. The molecule has 1 aliphatic rings. The zero-order chi connectivity index (χ0) is 13.4. The standard InChI is InChI=1S/C16H22N2S/c1-10-4-6-13(12(3)8-10)17-16-18-14-7-5-11(2)9-15(14)19-16/h5,7,9-10,12-13H,4,6,8H2,1-3H3,(H,17,18). The zero-order valence-electron chi connectivity index (χ0n) is 11.9. The van der Waals surface area contributed by atoms with E-state index in [9.17, 15) is 0 Å². The van der Waals surface area contributed by atoms with Gasteiger partial charge in [0.2, 0.25) is 0 Å². The minimum atomic E-state index is 0.595. The number of anilines is 1. The number of aryl methyl sites for hydroxylation is 1. The predicted molar refractivity (Wildman–Crippen MR) is 83.9 cm³/mol. The molecule has 102 valence electrons. The van der Waals surface area contributed by atoms with E-state index in [2.05, 4.69) is 44.3 Å². The maximum atomic E-state index is 4.71. The molecule has 1 fully saturated rings. The van der Waals surface area contributed by atoms with Crippen molar-refractivity contribution in [3.63, 3.8) is 0 Å². The molecule has 2 nitrogen and oxygen atoms in total. The van der Waals surface area contributed by atoms with Gasteiger partial charge < -0.3 is 5.32 Å². The molecule has 0 saturated heterocycles. The van der Waals surface area contributed by atoms with Gasteiger partial charge in [0.05, 0.1) is 10.2 Å². The van der Waals surface area contributed by atoms with E-state index in [0.29, 0.717) is 6.04 Å². The van der Waals surface area contributed by atoms with Crippen molar-refractivity contribution < 1.29 is 0 Å². The van der Waals surface area contributed by atoms with Crippen LogP contribution in [0, 0.1) is 18.8 Å². The summed E-state index contributed by atoms with van der Waals surface area (Å²) in [7, 11) is 0. The first-order valence-electron chi connectivity index (χ1n) is 7.25. The molecule has 1 aromatic carbocycles. The maximum Gasteiger partial charge on any atom is 0.184 e. The molecule has 3 heteroatoms. The van der Waals surface area contributed by atoms with Crippen LogP contribution in [0.3, 0.4) is 0 Å². The van der Waals surface area contributed by atoms with E-state index >= 15 is 0 Å². The van der Waals surface area contributed by atoms with Crippen molar-refractivity contribution >= 4 is 26.7 Å². The van der Waals surface area contributed by atoms with Crippen molar-refractivity contribution in [1.29, 1.82) is 0 Å². The fourth-order valence-electron chi connectivity index (χ4n) is 3.13. The van der Waals surface area contributed by atoms with Gasteiger partial charge in [-0.1, -0.05) is 31.3 Å². The number of fused-ring (bicyclic) bond motifs is 1. The summed E-state index contributed by atoms with van der Waals surface area (Å²) in [6, 6.07) is 7.08. The molecule has 1 aromatic heterocycles. The lowest BCUT2D eigenvalue weighted by Gasteiger charge is -2.33. The molecule has 0 amide bonds. The first-order chi connectivity index (χ1) is 9.11. The number of aromatic nitrogens is 1. The molecule has 0 radical (unpaired) electrons. The van der Waals surface area contributed by atoms with Crippen molar-refractivity contribution in [2.75, 3.05) is 5.32 Å². The van der Waals surface area contributed by atoms with Crippen LogP contribution >= 0.6 is 11.3 Å². The van der Waals surface area contributed by atoms with Gasteiger partial charge in [-0.15, -0.1) is 0 Å². The number of nitrogens with one attached hydrogen (secondary N) is 1. The molecule has 2 aromatic rings. The lowest BCUT2D eigenvalue weighted by atomic mass is 9.80. The average molecular weight is 274 g/mol. The monoisotopic (exact) mass is 274 g/mol. The number of thiazole rings is 1. The van der Waals surface area contributed by atoms with Crippen molar-refractivity contribution in [3.8, 4) is 0 Å². The third kappa shape index (κ3) is 2.76. The fourth-order valence-corrected chi connectivity index (χ4v) is 4.16. The highest BCUT2D eigenvalue weighted by molar-refractivity contribution is 7.22. The van der Waals surface area contributed by atoms with Crippen molar-refractivity contribution in [2.24, 2.45) is 11.8 Å². The number of nitrogens with zero attached hydrogens (tertiary/aromatic N) is 1. The Kier molecular flexibility index (Phi) is 3.48. The summed E-state index contributed by atoms with van der Waals surface area (Å²) in [6.07, 6.45) is 3.95. The Morgan fingerprint density at radius 2 is 2.11 bits per heavy atom. The van der Waals surface area contributed by atoms with E-state index in [1.54, 1.807) is 11.3 Å². The van der Waals surface area contributed by atoms with Crippen LogP contribution in [0.4, 0.5) is 5.13 Å². The molecule has 19 heavy (non-hydrogen) atoms. The molecule has 3 atom stereocenters. The lowest BCUT2D eigenvalue weighted by Crippen LogP contribution is -2.32. The molecule has 3 unspecified atom stereocenters. The number of benzene rings is 1. The van der Waals surface area contributed by atoms with Crippen LogP contribution in [0.25, 0.3) is 10.2 Å². The molecular weight excluding hydrogens is 252 g/mol. The second-order valence-electron chi connectivity index (χ2n) is 6.14. The minimum Gasteiger partial charge on any atom is -0.358 e. The maximum absolute atomic E-state index is 4.71. The Labute approximate surface area is 119 Å². The van der Waals surface area contributed by atoms with Gasteiger partial charge in [-0.2, -0.15) is 0 Å². The van der Waals surface area contributed by atoms with Crippen LogP contribution in [0.1, 0.15) is 38.7 Å². The van der Waals surface area contributed by atoms with Gasteiger partial charge in [-0.3, -0.25) is 0 Å². The number of hydrogen-bond donors (Lipinski definition) is 1. The minimum absolute atomic E-state index is 0.595. The Bertz CT molecular complexity index is 575. The summed E-state index contributed by atoms with van der Waals surface area (Å²) in [5.74, 6) is 1.63. The second-order valence-corrected chi connectivity index (χ2v) is 7.17. The Balaban J connectivity index is 1.77. The smallest absolute Gasteiger partial charge is 0.184 e. The molecule has 3 rings (SSSR count). The van der Waals surface area contributed by atoms with Crippen LogP contribution in [-0.4, -0.2) is 11.0 Å². The van der Waals surface area contributed by atoms with Gasteiger partial charge in [0.25, 0.3) is 0 Å². The largest absolute Gasteiger partial charge is 0.358 e. The second kappa shape index (κ2) is 5.12. The Morgan fingerprint density at radius 1 is 1.26 bits per heavy atom. The Morgan fingerprint density at radius 3 is 2.89 bits per heavy atom. The summed E-state index contributed by atoms with van der Waals surface area (Å²) in [6.45, 7) is 6.87. The van der Waals surface area contributed by atoms with E-state index in [-0.39, 0.29) is 0 Å². The summed E-state index contributed by atoms with van der Waals surface area (Å²) >= 11 is 1.79. The average Bonchev–Trinajstić information content (AvgIpc) is 2.74. The van der Waals surface area contributed by atoms with Gasteiger partial charge in [-0.05, 0) is 55.7 Å². The van der Waals surface area contributed by atoms with Crippen molar-refractivity contribution in [2.45, 2.75) is 46.1 Å². The highest BCUT2D eigenvalue weighted by Gasteiger charge is 2.25. The van der Waals surface area contributed by atoms with Gasteiger partial charge in [0, 0.05) is 6.04 Å². The van der Waals surface area contributed by atoms with E-state index in [1.165, 1.54) is 29.5 Å². The van der Waals surface area contributed by atoms with Crippen molar-refractivity contribution in [1.82, 2.24) is 4.98 Å². The van der Waals surface area contributed by atoms with Crippen LogP contribution < -0.4 is 5.32 Å². The lowest BCUT2D eigenvalue weighted by molar-refractivity contribution is 0.276. The highest BCUT2D eigenvalue weighted by Crippen LogP contribution is 2.33. The molecule has 0 aliphatic heterocycles. The number of rotatable bonds is 2. The van der Waals surface area contributed by atoms with Gasteiger partial charge in [0.15, 0.2) is 5.13 Å². The van der Waals surface area contributed by atoms with Gasteiger partial charge in [-0.25, -0.2) is 4.98 Å². The molecule has 0 bridgehead atoms. The first kappa shape index (κ1) is 12.9. The zero-order valence-corrected chi connectivity index (χ0v) is 12.8. The quantitative estimate of drug-likeness (QED) is 0.847. The third-order valence-electron chi connectivity index (χ3n) is 4.28. The summed E-state index contributed by atoms with van der Waals surface area (Å²) in [4.78, 5) is 4.71. The molecule has 1 aliphatic carbocycles. The number of hydrogen-bond acceptors (Lipinski definition) is 3. The summed E-state index contributed by atoms with van der Waals surface area (Å²) in [5, 5.41) is 4.76. The van der Waals surface area contributed by atoms with Crippen LogP contribution in [0.5, 0.6) is 0 Å². The van der Waals surface area contributed by atoms with Crippen molar-refractivity contribution in [3.05, 3.63) is 23.8 Å². The van der Waals surface area contributed by atoms with Gasteiger partial charge >= 0.3 is 0 Å². The molecule has 1 N–H and O–H groups in total. The van der Waals surface area contributed by atoms with Gasteiger partial charge in [0.1, 0.15) is 0 Å². The first-order valence-corrected chi connectivity index (χ1v) is 8.07. The van der Waals surface area contributed by atoms with Crippen LogP contribution in [-0.2, 0) is 0 Å². The predicted octanol–water partition coefficient (Wildman–Crippen LogP) is 4.84. The van der Waals surface area contributed by atoms with E-state index in [0.717, 1.165) is 22.5 Å². The van der Waals surface area contributed by atoms with Crippen LogP contribution in [0.15, 0.2) is 18.2 Å². The topological polar surface area (TPSA) is 24.9 Å². The third-order valence-corrected chi connectivity index (χ3v) is 5.23. The molecule has 0 spiro atoms. The van der Waals surface area contributed by atoms with E-state index < -0.39 is 0 Å². The Hall–Kier alpha value is -1.09. The molecule has 1 saturated carbocycles. The summed E-state index contributed by atoms with van der Waals surface area (Å²) < 4.78 is 1.29. The SMILES string of the molecule is Cc1ccc2nc(NC3CCC(C)CC3C)sc2c1. The van der Waals surface area contributed by atoms with Crippen LogP contribution in [0.2, 0.25) is 0 Å². The summed E-state index contributed by atoms with van der Waals surface area (Å²) in [5.41, 5.74) is 2.43. The van der Waals surface area contributed by atoms with E-state index in [1.807, 2.05) is 0 Å².